The molecular weight excluding hydrogens is 491 g/mol. The molecule has 2 aliphatic heterocycles. The van der Waals surface area contributed by atoms with E-state index in [-0.39, 0.29) is 11.3 Å². The standard InChI is InChI=1S/C26H28Cl2N2O5/c1-16-14-17(4-7-21(16)34-2)24(31)22-23(19-6-5-18(27)15-20(19)28)30(26(33)25(22)32)9-3-8-29-10-12-35-13-11-29/h4-7,14-15,23,31H,3,8-13H2,1-2H3/t23-/m1/s1. The molecular formula is C26H28Cl2N2O5. The van der Waals surface area contributed by atoms with Crippen LogP contribution in [-0.2, 0) is 14.3 Å². The zero-order valence-corrected chi connectivity index (χ0v) is 21.2. The molecule has 0 spiro atoms. The maximum atomic E-state index is 13.2. The first-order chi connectivity index (χ1) is 16.8. The number of carbonyl (C=O) groups is 2. The fourth-order valence-corrected chi connectivity index (χ4v) is 5.14. The number of Topliss-reactive ketones (excluding diaryl/α,β-unsaturated/α-hetero) is 1. The van der Waals surface area contributed by atoms with Crippen molar-refractivity contribution < 1.29 is 24.2 Å². The lowest BCUT2D eigenvalue weighted by atomic mass is 9.94. The number of rotatable bonds is 7. The van der Waals surface area contributed by atoms with Gasteiger partial charge < -0.3 is 19.5 Å². The van der Waals surface area contributed by atoms with E-state index in [9.17, 15) is 14.7 Å². The van der Waals surface area contributed by atoms with E-state index in [0.29, 0.717) is 53.1 Å². The molecule has 1 N–H and O–H groups in total. The maximum Gasteiger partial charge on any atom is 0.295 e. The zero-order valence-electron chi connectivity index (χ0n) is 19.7. The largest absolute Gasteiger partial charge is 0.507 e. The number of likely N-dealkylation sites (tertiary alicyclic amines) is 1. The number of nitrogens with zero attached hydrogens (tertiary/aromatic N) is 2. The van der Waals surface area contributed by atoms with Crippen LogP contribution in [0, 0.1) is 6.92 Å². The predicted octanol–water partition coefficient (Wildman–Crippen LogP) is 4.45. The van der Waals surface area contributed by atoms with Gasteiger partial charge in [-0.25, -0.2) is 0 Å². The van der Waals surface area contributed by atoms with Crippen LogP contribution in [0.5, 0.6) is 5.75 Å². The fraction of sp³-hybridized carbons (Fsp3) is 0.385. The van der Waals surface area contributed by atoms with Crippen LogP contribution in [-0.4, -0.2) is 73.1 Å². The Bertz CT molecular complexity index is 1160. The van der Waals surface area contributed by atoms with Crippen molar-refractivity contribution in [2.45, 2.75) is 19.4 Å². The molecule has 4 rings (SSSR count). The summed E-state index contributed by atoms with van der Waals surface area (Å²) < 4.78 is 10.7. The monoisotopic (exact) mass is 518 g/mol. The fourth-order valence-electron chi connectivity index (χ4n) is 4.63. The molecule has 0 bridgehead atoms. The minimum absolute atomic E-state index is 0.00941. The third-order valence-electron chi connectivity index (χ3n) is 6.44. The van der Waals surface area contributed by atoms with Gasteiger partial charge in [-0.3, -0.25) is 14.5 Å². The molecule has 0 aliphatic carbocycles. The summed E-state index contributed by atoms with van der Waals surface area (Å²) in [6.07, 6.45) is 0.663. The van der Waals surface area contributed by atoms with Gasteiger partial charge in [0.1, 0.15) is 11.5 Å². The number of ketones is 1. The molecule has 1 amide bonds. The number of methoxy groups -OCH3 is 1. The molecule has 2 saturated heterocycles. The van der Waals surface area contributed by atoms with Crippen LogP contribution in [0.1, 0.15) is 29.2 Å². The number of hydrogen-bond donors (Lipinski definition) is 1. The van der Waals surface area contributed by atoms with E-state index >= 15 is 0 Å². The topological polar surface area (TPSA) is 79.3 Å². The number of aryl methyl sites for hydroxylation is 1. The third kappa shape index (κ3) is 5.33. The predicted molar refractivity (Wildman–Crippen MR) is 135 cm³/mol. The highest BCUT2D eigenvalue weighted by atomic mass is 35.5. The minimum Gasteiger partial charge on any atom is -0.507 e. The van der Waals surface area contributed by atoms with Gasteiger partial charge >= 0.3 is 0 Å². The first-order valence-electron chi connectivity index (χ1n) is 11.5. The van der Waals surface area contributed by atoms with Crippen molar-refractivity contribution in [3.05, 3.63) is 68.7 Å². The van der Waals surface area contributed by atoms with Crippen LogP contribution < -0.4 is 4.74 Å². The number of hydrogen-bond acceptors (Lipinski definition) is 6. The molecule has 2 aliphatic rings. The van der Waals surface area contributed by atoms with Crippen molar-refractivity contribution in [3.8, 4) is 5.75 Å². The summed E-state index contributed by atoms with van der Waals surface area (Å²) >= 11 is 12.6. The number of amides is 1. The third-order valence-corrected chi connectivity index (χ3v) is 7.00. The number of morpholine rings is 1. The first kappa shape index (κ1) is 25.5. The number of ether oxygens (including phenoxy) is 2. The average molecular weight is 519 g/mol. The molecule has 35 heavy (non-hydrogen) atoms. The highest BCUT2D eigenvalue weighted by molar-refractivity contribution is 6.47. The average Bonchev–Trinajstić information content (AvgIpc) is 3.09. The molecule has 0 saturated carbocycles. The summed E-state index contributed by atoms with van der Waals surface area (Å²) in [6, 6.07) is 9.20. The lowest BCUT2D eigenvalue weighted by Gasteiger charge is -2.29. The number of halogens is 2. The van der Waals surface area contributed by atoms with E-state index in [4.69, 9.17) is 32.7 Å². The Hall–Kier alpha value is -2.58. The Balaban J connectivity index is 1.72. The van der Waals surface area contributed by atoms with Crippen molar-refractivity contribution in [1.82, 2.24) is 9.80 Å². The van der Waals surface area contributed by atoms with Crippen molar-refractivity contribution >= 4 is 40.7 Å². The number of benzene rings is 2. The summed E-state index contributed by atoms with van der Waals surface area (Å²) in [7, 11) is 1.56. The van der Waals surface area contributed by atoms with Gasteiger partial charge in [-0.05, 0) is 54.8 Å². The van der Waals surface area contributed by atoms with Crippen molar-refractivity contribution in [3.63, 3.8) is 0 Å². The van der Waals surface area contributed by atoms with Gasteiger partial charge in [-0.2, -0.15) is 0 Å². The van der Waals surface area contributed by atoms with Gasteiger partial charge in [-0.15, -0.1) is 0 Å². The van der Waals surface area contributed by atoms with Crippen LogP contribution in [0.3, 0.4) is 0 Å². The Kier molecular flexibility index (Phi) is 8.02. The molecule has 2 aromatic carbocycles. The SMILES string of the molecule is COc1ccc(C(O)=C2C(=O)C(=O)N(CCCN3CCOCC3)[C@@H]2c2ccc(Cl)cc2Cl)cc1C. The Morgan fingerprint density at radius 2 is 1.86 bits per heavy atom. The Morgan fingerprint density at radius 1 is 1.11 bits per heavy atom. The first-order valence-corrected chi connectivity index (χ1v) is 12.3. The van der Waals surface area contributed by atoms with Crippen LogP contribution in [0.4, 0.5) is 0 Å². The normalized spacial score (nSPS) is 20.5. The second kappa shape index (κ2) is 11.0. The molecule has 7 nitrogen and oxygen atoms in total. The Morgan fingerprint density at radius 3 is 2.51 bits per heavy atom. The van der Waals surface area contributed by atoms with Crippen LogP contribution in [0.25, 0.3) is 5.76 Å². The molecule has 2 heterocycles. The molecule has 186 valence electrons. The van der Waals surface area contributed by atoms with Gasteiger partial charge in [0.2, 0.25) is 0 Å². The lowest BCUT2D eigenvalue weighted by molar-refractivity contribution is -0.140. The maximum absolute atomic E-state index is 13.2. The van der Waals surface area contributed by atoms with Gasteiger partial charge in [0.15, 0.2) is 0 Å². The van der Waals surface area contributed by atoms with E-state index in [1.165, 1.54) is 4.90 Å². The molecule has 2 aromatic rings. The van der Waals surface area contributed by atoms with Crippen molar-refractivity contribution in [2.24, 2.45) is 0 Å². The van der Waals surface area contributed by atoms with Crippen LogP contribution >= 0.6 is 23.2 Å². The van der Waals surface area contributed by atoms with Crippen molar-refractivity contribution in [2.75, 3.05) is 46.5 Å². The van der Waals surface area contributed by atoms with Crippen LogP contribution in [0.15, 0.2) is 42.0 Å². The smallest absolute Gasteiger partial charge is 0.295 e. The van der Waals surface area contributed by atoms with Gasteiger partial charge in [0.05, 0.1) is 31.9 Å². The second-order valence-corrected chi connectivity index (χ2v) is 9.49. The molecule has 1 atom stereocenters. The summed E-state index contributed by atoms with van der Waals surface area (Å²) in [5, 5.41) is 12.0. The van der Waals surface area contributed by atoms with Gasteiger partial charge in [0.25, 0.3) is 11.7 Å². The van der Waals surface area contributed by atoms with E-state index in [1.807, 2.05) is 6.92 Å². The summed E-state index contributed by atoms with van der Waals surface area (Å²) in [5.41, 5.74) is 1.76. The quantitative estimate of drug-likeness (QED) is 0.331. The van der Waals surface area contributed by atoms with E-state index in [1.54, 1.807) is 43.5 Å². The number of aliphatic hydroxyl groups excluding tert-OH is 1. The van der Waals surface area contributed by atoms with E-state index < -0.39 is 17.7 Å². The highest BCUT2D eigenvalue weighted by Crippen LogP contribution is 2.42. The van der Waals surface area contributed by atoms with Crippen molar-refractivity contribution in [1.29, 1.82) is 0 Å². The van der Waals surface area contributed by atoms with E-state index in [2.05, 4.69) is 4.90 Å². The van der Waals surface area contributed by atoms with Gasteiger partial charge in [0, 0.05) is 41.8 Å². The molecule has 0 radical (unpaired) electrons. The second-order valence-electron chi connectivity index (χ2n) is 8.65. The number of carbonyl (C=O) groups excluding carboxylic acids is 2. The highest BCUT2D eigenvalue weighted by Gasteiger charge is 2.46. The molecule has 0 unspecified atom stereocenters. The summed E-state index contributed by atoms with van der Waals surface area (Å²) in [4.78, 5) is 30.2. The number of aliphatic hydroxyl groups is 1. The molecule has 2 fully saturated rings. The summed E-state index contributed by atoms with van der Waals surface area (Å²) in [5.74, 6) is -0.989. The minimum atomic E-state index is -0.827. The van der Waals surface area contributed by atoms with Gasteiger partial charge in [-0.1, -0.05) is 29.3 Å². The lowest BCUT2D eigenvalue weighted by Crippen LogP contribution is -2.39. The summed E-state index contributed by atoms with van der Waals surface area (Å²) in [6.45, 7) is 5.99. The Labute approximate surface area is 214 Å². The van der Waals surface area contributed by atoms with Crippen LogP contribution in [0.2, 0.25) is 10.0 Å². The van der Waals surface area contributed by atoms with E-state index in [0.717, 1.165) is 25.2 Å². The zero-order chi connectivity index (χ0) is 25.1. The molecule has 9 heteroatoms. The molecule has 0 aromatic heterocycles.